The highest BCUT2D eigenvalue weighted by molar-refractivity contribution is 5.81. The third kappa shape index (κ3) is 4.35. The second-order valence-electron chi connectivity index (χ2n) is 5.71. The van der Waals surface area contributed by atoms with Gasteiger partial charge >= 0.3 is 5.97 Å². The topological polar surface area (TPSA) is 62.7 Å². The molecule has 0 aliphatic carbocycles. The summed E-state index contributed by atoms with van der Waals surface area (Å²) in [5.74, 6) is 1.11. The van der Waals surface area contributed by atoms with Crippen molar-refractivity contribution >= 4 is 11.9 Å². The van der Waals surface area contributed by atoms with Gasteiger partial charge in [-0.25, -0.2) is 0 Å². The molecular formula is C19H21N3O2. The molecular weight excluding hydrogens is 302 g/mol. The third-order valence-corrected chi connectivity index (χ3v) is 3.81. The number of carbonyl (C=O) groups excluding carboxylic acids is 1. The second kappa shape index (κ2) is 7.64. The lowest BCUT2D eigenvalue weighted by atomic mass is 9.99. The van der Waals surface area contributed by atoms with E-state index in [1.807, 2.05) is 42.5 Å². The summed E-state index contributed by atoms with van der Waals surface area (Å²) in [6.07, 6.45) is 0.811. The number of benzene rings is 2. The van der Waals surface area contributed by atoms with Gasteiger partial charge < -0.3 is 15.4 Å². The van der Waals surface area contributed by atoms with Crippen molar-refractivity contribution in [1.29, 1.82) is 0 Å². The normalized spacial score (nSPS) is 14.5. The predicted octanol–water partition coefficient (Wildman–Crippen LogP) is 2.44. The summed E-state index contributed by atoms with van der Waals surface area (Å²) in [6, 6.07) is 18.1. The number of aliphatic imine (C=N–C) groups is 1. The molecule has 0 saturated carbocycles. The Morgan fingerprint density at radius 1 is 1.21 bits per heavy atom. The smallest absolute Gasteiger partial charge is 0.308 e. The van der Waals surface area contributed by atoms with Gasteiger partial charge in [0.25, 0.3) is 0 Å². The van der Waals surface area contributed by atoms with Crippen molar-refractivity contribution in [1.82, 2.24) is 10.6 Å². The van der Waals surface area contributed by atoms with Crippen LogP contribution in [-0.2, 0) is 11.2 Å². The number of hydrogen-bond donors (Lipinski definition) is 2. The van der Waals surface area contributed by atoms with Crippen LogP contribution in [0.15, 0.2) is 59.6 Å². The predicted molar refractivity (Wildman–Crippen MR) is 94.1 cm³/mol. The van der Waals surface area contributed by atoms with Crippen LogP contribution in [0.4, 0.5) is 0 Å². The molecule has 0 spiro atoms. The average Bonchev–Trinajstić information content (AvgIpc) is 3.09. The van der Waals surface area contributed by atoms with Gasteiger partial charge in [0.1, 0.15) is 5.75 Å². The molecule has 1 atom stereocenters. The zero-order chi connectivity index (χ0) is 16.8. The Morgan fingerprint density at radius 2 is 1.96 bits per heavy atom. The van der Waals surface area contributed by atoms with Gasteiger partial charge in [0, 0.05) is 13.5 Å². The molecule has 24 heavy (non-hydrogen) atoms. The van der Waals surface area contributed by atoms with Crippen LogP contribution in [0.3, 0.4) is 0 Å². The van der Waals surface area contributed by atoms with Crippen LogP contribution in [0.1, 0.15) is 24.1 Å². The van der Waals surface area contributed by atoms with Crippen LogP contribution < -0.4 is 15.4 Å². The van der Waals surface area contributed by atoms with Crippen LogP contribution in [0.25, 0.3) is 0 Å². The fourth-order valence-corrected chi connectivity index (χ4v) is 2.69. The van der Waals surface area contributed by atoms with Crippen LogP contribution in [0.2, 0.25) is 0 Å². The summed E-state index contributed by atoms with van der Waals surface area (Å²) in [5, 5.41) is 6.74. The molecule has 1 aliphatic rings. The van der Waals surface area contributed by atoms with E-state index in [0.29, 0.717) is 5.75 Å². The maximum atomic E-state index is 11.0. The minimum absolute atomic E-state index is 0.120. The van der Waals surface area contributed by atoms with Crippen molar-refractivity contribution in [3.63, 3.8) is 0 Å². The third-order valence-electron chi connectivity index (χ3n) is 3.81. The van der Waals surface area contributed by atoms with Crippen LogP contribution in [0, 0.1) is 0 Å². The maximum absolute atomic E-state index is 11.0. The van der Waals surface area contributed by atoms with E-state index in [1.165, 1.54) is 12.5 Å². The molecule has 0 amide bonds. The minimum Gasteiger partial charge on any atom is -0.427 e. The van der Waals surface area contributed by atoms with E-state index in [9.17, 15) is 4.79 Å². The fourth-order valence-electron chi connectivity index (χ4n) is 2.69. The monoisotopic (exact) mass is 323 g/mol. The summed E-state index contributed by atoms with van der Waals surface area (Å²) < 4.78 is 5.08. The lowest BCUT2D eigenvalue weighted by molar-refractivity contribution is -0.131. The molecule has 0 bridgehead atoms. The Kier molecular flexibility index (Phi) is 5.11. The number of hydrogen-bond acceptors (Lipinski definition) is 5. The highest BCUT2D eigenvalue weighted by Crippen LogP contribution is 2.20. The van der Waals surface area contributed by atoms with Crippen molar-refractivity contribution in [2.45, 2.75) is 19.4 Å². The maximum Gasteiger partial charge on any atom is 0.308 e. The van der Waals surface area contributed by atoms with Crippen molar-refractivity contribution in [3.05, 3.63) is 65.7 Å². The number of nitrogens with zero attached hydrogens (tertiary/aromatic N) is 1. The number of nitrogens with one attached hydrogen (secondary N) is 2. The lowest BCUT2D eigenvalue weighted by Crippen LogP contribution is -2.37. The molecule has 1 unspecified atom stereocenters. The standard InChI is InChI=1S/C19H21N3O2/c1-14(23)24-17-9-7-15(8-10-17)13-18(16-5-3-2-4-6-16)22-19-20-11-12-21-19/h2-10,18H,11-13H2,1H3,(H2,20,21,22). The van der Waals surface area contributed by atoms with Gasteiger partial charge in [-0.15, -0.1) is 0 Å². The van der Waals surface area contributed by atoms with Crippen molar-refractivity contribution in [3.8, 4) is 5.75 Å². The van der Waals surface area contributed by atoms with Gasteiger partial charge in [0.15, 0.2) is 5.96 Å². The molecule has 1 aliphatic heterocycles. The highest BCUT2D eigenvalue weighted by atomic mass is 16.5. The van der Waals surface area contributed by atoms with E-state index in [4.69, 9.17) is 4.74 Å². The summed E-state index contributed by atoms with van der Waals surface area (Å²) >= 11 is 0. The van der Waals surface area contributed by atoms with Gasteiger partial charge in [-0.1, -0.05) is 42.5 Å². The van der Waals surface area contributed by atoms with E-state index in [0.717, 1.165) is 31.0 Å². The minimum atomic E-state index is -0.308. The number of guanidine groups is 1. The molecule has 0 radical (unpaired) electrons. The van der Waals surface area contributed by atoms with Crippen LogP contribution >= 0.6 is 0 Å². The number of rotatable bonds is 5. The molecule has 5 heteroatoms. The highest BCUT2D eigenvalue weighted by Gasteiger charge is 2.16. The largest absolute Gasteiger partial charge is 0.427 e. The van der Waals surface area contributed by atoms with Gasteiger partial charge in [0.05, 0.1) is 12.6 Å². The molecule has 124 valence electrons. The van der Waals surface area contributed by atoms with Gasteiger partial charge in [-0.05, 0) is 29.7 Å². The van der Waals surface area contributed by atoms with E-state index in [1.54, 1.807) is 0 Å². The van der Waals surface area contributed by atoms with Crippen LogP contribution in [0.5, 0.6) is 5.75 Å². The Balaban J connectivity index is 1.74. The first-order valence-corrected chi connectivity index (χ1v) is 8.08. The van der Waals surface area contributed by atoms with Crippen LogP contribution in [-0.4, -0.2) is 25.0 Å². The first-order chi connectivity index (χ1) is 11.7. The van der Waals surface area contributed by atoms with Gasteiger partial charge in [0.2, 0.25) is 0 Å². The quantitative estimate of drug-likeness (QED) is 0.655. The molecule has 2 N–H and O–H groups in total. The number of ether oxygens (including phenoxy) is 1. The molecule has 5 nitrogen and oxygen atoms in total. The van der Waals surface area contributed by atoms with Crippen molar-refractivity contribution < 1.29 is 9.53 Å². The number of esters is 1. The summed E-state index contributed by atoms with van der Waals surface area (Å²) in [4.78, 5) is 15.4. The number of carbonyl (C=O) groups is 1. The first kappa shape index (κ1) is 16.1. The summed E-state index contributed by atoms with van der Waals surface area (Å²) in [7, 11) is 0. The SMILES string of the molecule is CC(=O)Oc1ccc(CC(NC2=NCCN2)c2ccccc2)cc1. The lowest BCUT2D eigenvalue weighted by Gasteiger charge is -2.20. The molecule has 0 saturated heterocycles. The Bertz CT molecular complexity index is 711. The first-order valence-electron chi connectivity index (χ1n) is 8.08. The molecule has 2 aromatic rings. The zero-order valence-corrected chi connectivity index (χ0v) is 13.7. The summed E-state index contributed by atoms with van der Waals surface area (Å²) in [5.41, 5.74) is 2.36. The molecule has 0 fully saturated rings. The van der Waals surface area contributed by atoms with E-state index in [2.05, 4.69) is 27.8 Å². The summed E-state index contributed by atoms with van der Waals surface area (Å²) in [6.45, 7) is 3.08. The van der Waals surface area contributed by atoms with E-state index >= 15 is 0 Å². The molecule has 1 heterocycles. The average molecular weight is 323 g/mol. The Morgan fingerprint density at radius 3 is 2.58 bits per heavy atom. The van der Waals surface area contributed by atoms with E-state index < -0.39 is 0 Å². The Labute approximate surface area is 141 Å². The van der Waals surface area contributed by atoms with Crippen molar-refractivity contribution in [2.75, 3.05) is 13.1 Å². The van der Waals surface area contributed by atoms with Gasteiger partial charge in [-0.2, -0.15) is 0 Å². The van der Waals surface area contributed by atoms with Crippen molar-refractivity contribution in [2.24, 2.45) is 4.99 Å². The molecule has 0 aromatic heterocycles. The Hall–Kier alpha value is -2.82. The van der Waals surface area contributed by atoms with Gasteiger partial charge in [-0.3, -0.25) is 9.79 Å². The van der Waals surface area contributed by atoms with E-state index in [-0.39, 0.29) is 12.0 Å². The second-order valence-corrected chi connectivity index (χ2v) is 5.71. The molecule has 2 aromatic carbocycles. The fraction of sp³-hybridized carbons (Fsp3) is 0.263. The molecule has 3 rings (SSSR count). The zero-order valence-electron chi connectivity index (χ0n) is 13.7.